The fraction of sp³-hybridized carbons (Fsp3) is 0.0714. The first-order valence-corrected chi connectivity index (χ1v) is 7.38. The lowest BCUT2D eigenvalue weighted by Gasteiger charge is -2.02. The maximum atomic E-state index is 9.29. The Kier molecular flexibility index (Phi) is 3.28. The molecule has 2 N–H and O–H groups in total. The van der Waals surface area contributed by atoms with Crippen molar-refractivity contribution in [3.8, 4) is 6.07 Å². The molecule has 5 heteroatoms. The number of hydrogen-bond donors (Lipinski definition) is 2. The predicted molar refractivity (Wildman–Crippen MR) is 82.4 cm³/mol. The van der Waals surface area contributed by atoms with Crippen LogP contribution in [0.1, 0.15) is 10.4 Å². The number of aromatic amines is 1. The monoisotopic (exact) mass is 331 g/mol. The van der Waals surface area contributed by atoms with Gasteiger partial charge in [0, 0.05) is 15.8 Å². The molecule has 0 saturated carbocycles. The predicted octanol–water partition coefficient (Wildman–Crippen LogP) is 4.48. The molecule has 3 rings (SSSR count). The zero-order valence-corrected chi connectivity index (χ0v) is 12.3. The quantitative estimate of drug-likeness (QED) is 0.743. The summed E-state index contributed by atoms with van der Waals surface area (Å²) in [6.07, 6.45) is 0. The van der Waals surface area contributed by atoms with Crippen LogP contribution in [0.15, 0.2) is 40.2 Å². The Bertz CT molecular complexity index is 766. The van der Waals surface area contributed by atoms with Crippen molar-refractivity contribution in [3.63, 3.8) is 0 Å². The summed E-state index contributed by atoms with van der Waals surface area (Å²) in [5.74, 6) is 0.785. The maximum absolute atomic E-state index is 9.29. The minimum atomic E-state index is 0.672. The van der Waals surface area contributed by atoms with E-state index in [1.807, 2.05) is 30.3 Å². The molecule has 0 unspecified atom stereocenters. The van der Waals surface area contributed by atoms with Gasteiger partial charge in [0.05, 0.1) is 10.3 Å². The van der Waals surface area contributed by atoms with Gasteiger partial charge in [0.25, 0.3) is 0 Å². The Morgan fingerprint density at radius 3 is 2.84 bits per heavy atom. The number of aromatic nitrogens is 1. The van der Waals surface area contributed by atoms with Gasteiger partial charge in [-0.1, -0.05) is 18.2 Å². The molecule has 0 amide bonds. The Balaban J connectivity index is 1.90. The van der Waals surface area contributed by atoms with Crippen molar-refractivity contribution < 1.29 is 0 Å². The van der Waals surface area contributed by atoms with Crippen LogP contribution in [0.3, 0.4) is 0 Å². The highest BCUT2D eigenvalue weighted by Gasteiger charge is 2.10. The second kappa shape index (κ2) is 5.08. The van der Waals surface area contributed by atoms with E-state index in [1.54, 1.807) is 11.3 Å². The molecule has 0 saturated heterocycles. The van der Waals surface area contributed by atoms with Gasteiger partial charge in [0.2, 0.25) is 0 Å². The molecule has 94 valence electrons. The molecule has 0 spiro atoms. The Morgan fingerprint density at radius 1 is 1.26 bits per heavy atom. The van der Waals surface area contributed by atoms with Gasteiger partial charge in [0.1, 0.15) is 17.5 Å². The van der Waals surface area contributed by atoms with Crippen molar-refractivity contribution in [2.75, 3.05) is 5.32 Å². The lowest BCUT2D eigenvalue weighted by Crippen LogP contribution is -1.99. The zero-order valence-electron chi connectivity index (χ0n) is 9.90. The largest absolute Gasteiger partial charge is 0.366 e. The summed E-state index contributed by atoms with van der Waals surface area (Å²) in [5, 5.41) is 13.5. The van der Waals surface area contributed by atoms with Crippen molar-refractivity contribution in [1.82, 2.24) is 4.98 Å². The number of H-pyrrole nitrogens is 1. The average molecular weight is 332 g/mol. The highest BCUT2D eigenvalue weighted by Crippen LogP contribution is 2.27. The second-order valence-corrected chi connectivity index (χ2v) is 6.64. The van der Waals surface area contributed by atoms with E-state index >= 15 is 0 Å². The first-order chi connectivity index (χ1) is 9.28. The molecule has 0 fully saturated rings. The summed E-state index contributed by atoms with van der Waals surface area (Å²) < 4.78 is 1.11. The molecule has 3 nitrogen and oxygen atoms in total. The minimum absolute atomic E-state index is 0.672. The van der Waals surface area contributed by atoms with Crippen LogP contribution in [0.4, 0.5) is 5.82 Å². The fourth-order valence-corrected chi connectivity index (χ4v) is 3.44. The Labute approximate surface area is 123 Å². The maximum Gasteiger partial charge on any atom is 0.122 e. The van der Waals surface area contributed by atoms with Gasteiger partial charge in [0.15, 0.2) is 0 Å². The van der Waals surface area contributed by atoms with Crippen molar-refractivity contribution in [3.05, 3.63) is 50.6 Å². The van der Waals surface area contributed by atoms with Gasteiger partial charge < -0.3 is 10.3 Å². The third kappa shape index (κ3) is 2.37. The summed E-state index contributed by atoms with van der Waals surface area (Å²) in [6.45, 7) is 0.706. The number of nitriles is 1. The smallest absolute Gasteiger partial charge is 0.122 e. The molecule has 2 aromatic heterocycles. The topological polar surface area (TPSA) is 51.6 Å². The van der Waals surface area contributed by atoms with Crippen LogP contribution in [0.5, 0.6) is 0 Å². The molecular formula is C14H10BrN3S. The van der Waals surface area contributed by atoms with Gasteiger partial charge in [-0.25, -0.2) is 0 Å². The summed E-state index contributed by atoms with van der Waals surface area (Å²) in [5.41, 5.74) is 1.65. The Morgan fingerprint density at radius 2 is 2.11 bits per heavy atom. The van der Waals surface area contributed by atoms with Crippen LogP contribution >= 0.6 is 27.3 Å². The van der Waals surface area contributed by atoms with Crippen LogP contribution in [0.25, 0.3) is 10.9 Å². The first-order valence-electron chi connectivity index (χ1n) is 5.77. The molecular weight excluding hydrogens is 322 g/mol. The van der Waals surface area contributed by atoms with Crippen LogP contribution in [-0.2, 0) is 6.54 Å². The van der Waals surface area contributed by atoms with E-state index in [2.05, 4.69) is 38.4 Å². The number of hydrogen-bond acceptors (Lipinski definition) is 3. The average Bonchev–Trinajstić information content (AvgIpc) is 2.99. The molecule has 2 heterocycles. The van der Waals surface area contributed by atoms with Crippen LogP contribution in [0.2, 0.25) is 0 Å². The van der Waals surface area contributed by atoms with Crippen molar-refractivity contribution in [2.45, 2.75) is 6.54 Å². The van der Waals surface area contributed by atoms with Gasteiger partial charge >= 0.3 is 0 Å². The Hall–Kier alpha value is -1.77. The van der Waals surface area contributed by atoms with E-state index in [-0.39, 0.29) is 0 Å². The second-order valence-electron chi connectivity index (χ2n) is 4.09. The van der Waals surface area contributed by atoms with Crippen molar-refractivity contribution >= 4 is 44.0 Å². The van der Waals surface area contributed by atoms with E-state index in [0.717, 1.165) is 20.5 Å². The lowest BCUT2D eigenvalue weighted by molar-refractivity contribution is 1.16. The first kappa shape index (κ1) is 12.3. The highest BCUT2D eigenvalue weighted by molar-refractivity contribution is 9.11. The number of halogens is 1. The van der Waals surface area contributed by atoms with Gasteiger partial charge in [-0.2, -0.15) is 5.26 Å². The van der Waals surface area contributed by atoms with E-state index in [1.165, 1.54) is 4.88 Å². The van der Waals surface area contributed by atoms with Crippen molar-refractivity contribution in [2.24, 2.45) is 0 Å². The standard InChI is InChI=1S/C14H10BrN3S/c15-13-6-5-9(19-13)8-17-14-11(7-16)10-3-1-2-4-12(10)18-14/h1-6,17-18H,8H2. The van der Waals surface area contributed by atoms with Gasteiger partial charge in [-0.15, -0.1) is 11.3 Å². The SMILES string of the molecule is N#Cc1c(NCc2ccc(Br)s2)[nH]c2ccccc12. The van der Waals surface area contributed by atoms with E-state index in [4.69, 9.17) is 0 Å². The highest BCUT2D eigenvalue weighted by atomic mass is 79.9. The summed E-state index contributed by atoms with van der Waals surface area (Å²) in [7, 11) is 0. The number of thiophene rings is 1. The third-order valence-corrected chi connectivity index (χ3v) is 4.51. The summed E-state index contributed by atoms with van der Waals surface area (Å²) in [6, 6.07) is 14.2. The number of para-hydroxylation sites is 1. The van der Waals surface area contributed by atoms with Gasteiger partial charge in [-0.05, 0) is 34.1 Å². The van der Waals surface area contributed by atoms with Crippen LogP contribution in [-0.4, -0.2) is 4.98 Å². The number of nitrogens with zero attached hydrogens (tertiary/aromatic N) is 1. The number of anilines is 1. The molecule has 19 heavy (non-hydrogen) atoms. The minimum Gasteiger partial charge on any atom is -0.366 e. The number of fused-ring (bicyclic) bond motifs is 1. The molecule has 0 aliphatic heterocycles. The fourth-order valence-electron chi connectivity index (χ4n) is 2.01. The van der Waals surface area contributed by atoms with E-state index in [0.29, 0.717) is 12.1 Å². The molecule has 0 aliphatic carbocycles. The lowest BCUT2D eigenvalue weighted by atomic mass is 10.2. The van der Waals surface area contributed by atoms with Crippen LogP contribution < -0.4 is 5.32 Å². The molecule has 0 aliphatic rings. The van der Waals surface area contributed by atoms with E-state index < -0.39 is 0 Å². The zero-order chi connectivity index (χ0) is 13.2. The molecule has 3 aromatic rings. The summed E-state index contributed by atoms with van der Waals surface area (Å²) >= 11 is 5.13. The third-order valence-electron chi connectivity index (χ3n) is 2.89. The van der Waals surface area contributed by atoms with E-state index in [9.17, 15) is 5.26 Å². The van der Waals surface area contributed by atoms with Crippen molar-refractivity contribution in [1.29, 1.82) is 5.26 Å². The summed E-state index contributed by atoms with van der Waals surface area (Å²) in [4.78, 5) is 4.47. The molecule has 0 bridgehead atoms. The molecule has 0 radical (unpaired) electrons. The number of nitrogens with one attached hydrogen (secondary N) is 2. The van der Waals surface area contributed by atoms with Gasteiger partial charge in [-0.3, -0.25) is 0 Å². The van der Waals surface area contributed by atoms with Crippen LogP contribution in [0, 0.1) is 11.3 Å². The number of benzene rings is 1. The molecule has 0 atom stereocenters. The number of rotatable bonds is 3. The normalized spacial score (nSPS) is 10.5. The molecule has 1 aromatic carbocycles.